The third-order valence-corrected chi connectivity index (χ3v) is 6.68. The van der Waals surface area contributed by atoms with Crippen molar-refractivity contribution in [2.75, 3.05) is 33.7 Å². The molecule has 3 heterocycles. The standard InChI is InChI=1S/C26H32F2N4O/c1-15(2)25-20-11-18(17-6-8-32(9-7-17)14-24(33)31(4)5)21(27)12-23(20)30-26(25)19-10-16(3)29-13-22(19)28/h10-13,15,17,30H,6-9,14H2,1-5H3. The van der Waals surface area contributed by atoms with Crippen molar-refractivity contribution in [1.82, 2.24) is 19.8 Å². The summed E-state index contributed by atoms with van der Waals surface area (Å²) >= 11 is 0. The second-order valence-corrected chi connectivity index (χ2v) is 9.63. The summed E-state index contributed by atoms with van der Waals surface area (Å²) in [4.78, 5) is 23.1. The summed E-state index contributed by atoms with van der Waals surface area (Å²) < 4.78 is 29.9. The van der Waals surface area contributed by atoms with E-state index in [0.29, 0.717) is 28.9 Å². The van der Waals surface area contributed by atoms with Gasteiger partial charge in [-0.3, -0.25) is 14.7 Å². The maximum Gasteiger partial charge on any atom is 0.236 e. The average molecular weight is 455 g/mol. The Labute approximate surface area is 193 Å². The molecule has 0 atom stereocenters. The number of pyridine rings is 1. The number of piperidine rings is 1. The van der Waals surface area contributed by atoms with Gasteiger partial charge < -0.3 is 9.88 Å². The van der Waals surface area contributed by atoms with Crippen LogP contribution in [0.25, 0.3) is 22.2 Å². The van der Waals surface area contributed by atoms with Crippen molar-refractivity contribution < 1.29 is 13.6 Å². The van der Waals surface area contributed by atoms with Crippen molar-refractivity contribution in [2.24, 2.45) is 0 Å². The Bertz CT molecular complexity index is 1180. The lowest BCUT2D eigenvalue weighted by Gasteiger charge is -2.32. The molecule has 0 saturated carbocycles. The number of H-pyrrole nitrogens is 1. The first kappa shape index (κ1) is 23.4. The number of nitrogens with one attached hydrogen (secondary N) is 1. The predicted octanol–water partition coefficient (Wildman–Crippen LogP) is 5.21. The third-order valence-electron chi connectivity index (χ3n) is 6.68. The normalized spacial score (nSPS) is 15.5. The first-order valence-corrected chi connectivity index (χ1v) is 11.6. The number of amides is 1. The van der Waals surface area contributed by atoms with Crippen LogP contribution in [0.2, 0.25) is 0 Å². The number of benzene rings is 1. The van der Waals surface area contributed by atoms with Gasteiger partial charge in [-0.2, -0.15) is 0 Å². The molecule has 1 aliphatic rings. The number of aryl methyl sites for hydroxylation is 1. The fraction of sp³-hybridized carbons (Fsp3) is 0.462. The lowest BCUT2D eigenvalue weighted by atomic mass is 9.87. The van der Waals surface area contributed by atoms with Crippen LogP contribution in [0, 0.1) is 18.6 Å². The smallest absolute Gasteiger partial charge is 0.236 e. The number of aromatic amines is 1. The molecule has 1 aliphatic heterocycles. The number of rotatable bonds is 5. The number of likely N-dealkylation sites (tertiary alicyclic amines) is 1. The Morgan fingerprint density at radius 2 is 1.88 bits per heavy atom. The monoisotopic (exact) mass is 454 g/mol. The molecule has 0 spiro atoms. The highest BCUT2D eigenvalue weighted by molar-refractivity contribution is 5.92. The van der Waals surface area contributed by atoms with E-state index in [1.165, 1.54) is 6.20 Å². The highest BCUT2D eigenvalue weighted by Gasteiger charge is 2.27. The van der Waals surface area contributed by atoms with Crippen LogP contribution < -0.4 is 0 Å². The van der Waals surface area contributed by atoms with E-state index in [0.717, 1.165) is 42.6 Å². The molecule has 0 radical (unpaired) electrons. The number of carbonyl (C=O) groups is 1. The molecule has 1 saturated heterocycles. The molecular weight excluding hydrogens is 422 g/mol. The molecule has 7 heteroatoms. The van der Waals surface area contributed by atoms with Gasteiger partial charge in [-0.05, 0) is 74.0 Å². The molecule has 4 rings (SSSR count). The molecule has 33 heavy (non-hydrogen) atoms. The summed E-state index contributed by atoms with van der Waals surface area (Å²) in [6, 6.07) is 5.24. The fourth-order valence-corrected chi connectivity index (χ4v) is 4.85. The Hall–Kier alpha value is -2.80. The summed E-state index contributed by atoms with van der Waals surface area (Å²) in [5, 5.41) is 0.940. The molecule has 2 aromatic heterocycles. The minimum Gasteiger partial charge on any atom is -0.354 e. The first-order chi connectivity index (χ1) is 15.7. The van der Waals surface area contributed by atoms with Crippen molar-refractivity contribution in [3.63, 3.8) is 0 Å². The van der Waals surface area contributed by atoms with E-state index in [4.69, 9.17) is 0 Å². The number of aromatic nitrogens is 2. The zero-order chi connectivity index (χ0) is 23.9. The van der Waals surface area contributed by atoms with E-state index in [-0.39, 0.29) is 23.6 Å². The number of nitrogens with zero attached hydrogens (tertiary/aromatic N) is 3. The van der Waals surface area contributed by atoms with Crippen molar-refractivity contribution >= 4 is 16.8 Å². The minimum atomic E-state index is -0.394. The van der Waals surface area contributed by atoms with Crippen LogP contribution in [0.15, 0.2) is 24.4 Å². The van der Waals surface area contributed by atoms with Gasteiger partial charge >= 0.3 is 0 Å². The minimum absolute atomic E-state index is 0.0843. The molecule has 0 bridgehead atoms. The van der Waals surface area contributed by atoms with Gasteiger partial charge in [-0.15, -0.1) is 0 Å². The molecule has 0 aliphatic carbocycles. The zero-order valence-corrected chi connectivity index (χ0v) is 20.0. The molecule has 1 fully saturated rings. The van der Waals surface area contributed by atoms with Crippen LogP contribution in [0.3, 0.4) is 0 Å². The van der Waals surface area contributed by atoms with Gasteiger partial charge in [0.25, 0.3) is 0 Å². The second kappa shape index (κ2) is 9.21. The molecule has 1 amide bonds. The van der Waals surface area contributed by atoms with Gasteiger partial charge in [-0.25, -0.2) is 8.78 Å². The van der Waals surface area contributed by atoms with Crippen molar-refractivity contribution in [3.05, 3.63) is 52.9 Å². The zero-order valence-electron chi connectivity index (χ0n) is 20.0. The SMILES string of the molecule is Cc1cc(-c2[nH]c3cc(F)c(C4CCN(CC(=O)N(C)C)CC4)cc3c2C(C)C)c(F)cn1. The number of fused-ring (bicyclic) bond motifs is 1. The first-order valence-electron chi connectivity index (χ1n) is 11.6. The van der Waals surface area contributed by atoms with E-state index >= 15 is 4.39 Å². The fourth-order valence-electron chi connectivity index (χ4n) is 4.85. The molecule has 1 aromatic carbocycles. The van der Waals surface area contributed by atoms with E-state index in [9.17, 15) is 9.18 Å². The molecule has 1 N–H and O–H groups in total. The molecule has 176 valence electrons. The van der Waals surface area contributed by atoms with E-state index in [2.05, 4.69) is 28.7 Å². The number of halogens is 2. The summed E-state index contributed by atoms with van der Waals surface area (Å²) in [6.07, 6.45) is 2.84. The highest BCUT2D eigenvalue weighted by atomic mass is 19.1. The molecule has 0 unspecified atom stereocenters. The lowest BCUT2D eigenvalue weighted by molar-refractivity contribution is -0.130. The molecular formula is C26H32F2N4O. The van der Waals surface area contributed by atoms with Crippen LogP contribution in [0.1, 0.15) is 55.3 Å². The van der Waals surface area contributed by atoms with Crippen LogP contribution in [0.4, 0.5) is 8.78 Å². The third kappa shape index (κ3) is 4.64. The topological polar surface area (TPSA) is 52.2 Å². The Balaban J connectivity index is 1.68. The largest absolute Gasteiger partial charge is 0.354 e. The molecule has 3 aromatic rings. The Morgan fingerprint density at radius 3 is 2.52 bits per heavy atom. The van der Waals surface area contributed by atoms with Gasteiger partial charge in [0.2, 0.25) is 5.91 Å². The predicted molar refractivity (Wildman–Crippen MR) is 127 cm³/mol. The Kier molecular flexibility index (Phi) is 6.52. The average Bonchev–Trinajstić information content (AvgIpc) is 3.13. The van der Waals surface area contributed by atoms with Crippen LogP contribution in [-0.4, -0.2) is 59.4 Å². The van der Waals surface area contributed by atoms with Crippen LogP contribution in [-0.2, 0) is 4.79 Å². The maximum absolute atomic E-state index is 15.2. The highest BCUT2D eigenvalue weighted by Crippen LogP contribution is 2.40. The van der Waals surface area contributed by atoms with Gasteiger partial charge in [0.05, 0.1) is 18.4 Å². The quantitative estimate of drug-likeness (QED) is 0.576. The number of hydrogen-bond acceptors (Lipinski definition) is 3. The maximum atomic E-state index is 15.2. The number of hydrogen-bond donors (Lipinski definition) is 1. The summed E-state index contributed by atoms with van der Waals surface area (Å²) in [5.41, 5.74) is 4.26. The summed E-state index contributed by atoms with van der Waals surface area (Å²) in [7, 11) is 3.52. The second-order valence-electron chi connectivity index (χ2n) is 9.63. The van der Waals surface area contributed by atoms with E-state index in [1.807, 2.05) is 13.0 Å². The summed E-state index contributed by atoms with van der Waals surface area (Å²) in [5.74, 6) is -0.326. The van der Waals surface area contributed by atoms with E-state index in [1.54, 1.807) is 31.1 Å². The molecule has 5 nitrogen and oxygen atoms in total. The number of likely N-dealkylation sites (N-methyl/N-ethyl adjacent to an activating group) is 1. The van der Waals surface area contributed by atoms with Gasteiger partial charge in [-0.1, -0.05) is 13.8 Å². The van der Waals surface area contributed by atoms with Gasteiger partial charge in [0, 0.05) is 36.3 Å². The van der Waals surface area contributed by atoms with Crippen molar-refractivity contribution in [1.29, 1.82) is 0 Å². The van der Waals surface area contributed by atoms with E-state index < -0.39 is 5.82 Å². The Morgan fingerprint density at radius 1 is 1.18 bits per heavy atom. The number of carbonyl (C=O) groups excluding carboxylic acids is 1. The van der Waals surface area contributed by atoms with Crippen LogP contribution >= 0.6 is 0 Å². The van der Waals surface area contributed by atoms with Crippen molar-refractivity contribution in [3.8, 4) is 11.3 Å². The van der Waals surface area contributed by atoms with Crippen molar-refractivity contribution in [2.45, 2.75) is 45.4 Å². The summed E-state index contributed by atoms with van der Waals surface area (Å²) in [6.45, 7) is 7.90. The lowest BCUT2D eigenvalue weighted by Crippen LogP contribution is -2.40. The van der Waals surface area contributed by atoms with Gasteiger partial charge in [0.15, 0.2) is 5.82 Å². The van der Waals surface area contributed by atoms with Crippen LogP contribution in [0.5, 0.6) is 0 Å². The van der Waals surface area contributed by atoms with Gasteiger partial charge in [0.1, 0.15) is 5.82 Å².